The highest BCUT2D eigenvalue weighted by atomic mass is 35.5. The van der Waals surface area contributed by atoms with Crippen LogP contribution in [-0.4, -0.2) is 10.9 Å². The minimum Gasteiger partial charge on any atom is -0.347 e. The molecule has 4 nitrogen and oxygen atoms in total. The van der Waals surface area contributed by atoms with Gasteiger partial charge in [0.05, 0.1) is 0 Å². The van der Waals surface area contributed by atoms with Crippen molar-refractivity contribution in [1.29, 1.82) is 0 Å². The molecule has 25 heavy (non-hydrogen) atoms. The van der Waals surface area contributed by atoms with E-state index in [1.54, 1.807) is 17.5 Å². The van der Waals surface area contributed by atoms with Gasteiger partial charge < -0.3 is 10.6 Å². The normalized spacial score (nSPS) is 10.5. The monoisotopic (exact) mass is 379 g/mol. The maximum atomic E-state index is 13.2. The number of carbonyl (C=O) groups is 1. The van der Waals surface area contributed by atoms with Crippen molar-refractivity contribution in [3.63, 3.8) is 0 Å². The highest BCUT2D eigenvalue weighted by Crippen LogP contribution is 2.22. The topological polar surface area (TPSA) is 54.0 Å². The zero-order chi connectivity index (χ0) is 17.8. The molecule has 0 bridgehead atoms. The molecule has 0 fully saturated rings. The first-order chi connectivity index (χ1) is 12.0. The summed E-state index contributed by atoms with van der Waals surface area (Å²) in [6, 6.07) is 10.6. The van der Waals surface area contributed by atoms with Crippen molar-refractivity contribution < 1.29 is 13.6 Å². The second-order valence-electron chi connectivity index (χ2n) is 5.10. The number of nitrogens with zero attached hydrogens (tertiary/aromatic N) is 1. The third-order valence-corrected chi connectivity index (χ3v) is 4.28. The van der Waals surface area contributed by atoms with Crippen LogP contribution in [0.15, 0.2) is 47.8 Å². The van der Waals surface area contributed by atoms with Crippen molar-refractivity contribution in [3.05, 3.63) is 75.8 Å². The number of thiazole rings is 1. The van der Waals surface area contributed by atoms with Crippen molar-refractivity contribution >= 4 is 39.7 Å². The summed E-state index contributed by atoms with van der Waals surface area (Å²) in [4.78, 5) is 16.3. The standard InChI is InChI=1S/C17H12ClF2N3OS/c18-11-3-1-10(2-4-11)8-21-16(24)15-9-25-17(23-15)22-12-5-6-13(19)14(20)7-12/h1-7,9H,8H2,(H,21,24)(H,22,23). The Hall–Kier alpha value is -2.51. The molecule has 0 aliphatic rings. The van der Waals surface area contributed by atoms with E-state index in [0.717, 1.165) is 17.7 Å². The van der Waals surface area contributed by atoms with Gasteiger partial charge in [-0.05, 0) is 29.8 Å². The minimum absolute atomic E-state index is 0.240. The summed E-state index contributed by atoms with van der Waals surface area (Å²) in [7, 11) is 0. The van der Waals surface area contributed by atoms with E-state index < -0.39 is 11.6 Å². The molecule has 0 radical (unpaired) electrons. The second kappa shape index (κ2) is 7.58. The largest absolute Gasteiger partial charge is 0.347 e. The smallest absolute Gasteiger partial charge is 0.271 e. The number of benzene rings is 2. The lowest BCUT2D eigenvalue weighted by atomic mass is 10.2. The van der Waals surface area contributed by atoms with Gasteiger partial charge >= 0.3 is 0 Å². The Morgan fingerprint density at radius 1 is 1.12 bits per heavy atom. The van der Waals surface area contributed by atoms with Crippen molar-refractivity contribution in [2.75, 3.05) is 5.32 Å². The number of nitrogens with one attached hydrogen (secondary N) is 2. The Morgan fingerprint density at radius 2 is 1.88 bits per heavy atom. The number of aromatic nitrogens is 1. The van der Waals surface area contributed by atoms with E-state index >= 15 is 0 Å². The van der Waals surface area contributed by atoms with Crippen molar-refractivity contribution in [1.82, 2.24) is 10.3 Å². The second-order valence-corrected chi connectivity index (χ2v) is 6.40. The molecule has 0 spiro atoms. The molecule has 0 atom stereocenters. The van der Waals surface area contributed by atoms with E-state index in [1.807, 2.05) is 12.1 Å². The first-order valence-electron chi connectivity index (χ1n) is 7.21. The van der Waals surface area contributed by atoms with Crippen LogP contribution in [0.1, 0.15) is 16.1 Å². The van der Waals surface area contributed by atoms with Crippen LogP contribution >= 0.6 is 22.9 Å². The van der Waals surface area contributed by atoms with Crippen molar-refractivity contribution in [2.24, 2.45) is 0 Å². The third-order valence-electron chi connectivity index (χ3n) is 3.27. The molecule has 0 saturated carbocycles. The van der Waals surface area contributed by atoms with Gasteiger partial charge in [0, 0.05) is 28.7 Å². The van der Waals surface area contributed by atoms with Gasteiger partial charge in [-0.25, -0.2) is 13.8 Å². The van der Waals surface area contributed by atoms with Gasteiger partial charge in [0.1, 0.15) is 5.69 Å². The fraction of sp³-hybridized carbons (Fsp3) is 0.0588. The predicted octanol–water partition coefficient (Wildman–Crippen LogP) is 4.75. The van der Waals surface area contributed by atoms with Gasteiger partial charge in [-0.1, -0.05) is 23.7 Å². The molecule has 1 aromatic heterocycles. The quantitative estimate of drug-likeness (QED) is 0.672. The van der Waals surface area contributed by atoms with E-state index in [1.165, 1.54) is 17.4 Å². The molecule has 0 saturated heterocycles. The Morgan fingerprint density at radius 3 is 2.60 bits per heavy atom. The number of carbonyl (C=O) groups excluding carboxylic acids is 1. The summed E-state index contributed by atoms with van der Waals surface area (Å²) in [5, 5.41) is 8.20. The van der Waals surface area contributed by atoms with Crippen molar-refractivity contribution in [3.8, 4) is 0 Å². The Bertz CT molecular complexity index is 899. The van der Waals surface area contributed by atoms with E-state index in [4.69, 9.17) is 11.6 Å². The summed E-state index contributed by atoms with van der Waals surface area (Å²) in [5.41, 5.74) is 1.50. The van der Waals surface area contributed by atoms with Crippen LogP contribution in [0.2, 0.25) is 5.02 Å². The molecule has 2 N–H and O–H groups in total. The Balaban J connectivity index is 1.61. The fourth-order valence-electron chi connectivity index (χ4n) is 2.01. The van der Waals surface area contributed by atoms with Crippen LogP contribution < -0.4 is 10.6 Å². The van der Waals surface area contributed by atoms with Crippen LogP contribution in [-0.2, 0) is 6.54 Å². The van der Waals surface area contributed by atoms with Crippen LogP contribution in [0, 0.1) is 11.6 Å². The van der Waals surface area contributed by atoms with Crippen molar-refractivity contribution in [2.45, 2.75) is 6.54 Å². The summed E-state index contributed by atoms with van der Waals surface area (Å²) < 4.78 is 26.1. The SMILES string of the molecule is O=C(NCc1ccc(Cl)cc1)c1csc(Nc2ccc(F)c(F)c2)n1. The zero-order valence-corrected chi connectivity index (χ0v) is 14.3. The molecular weight excluding hydrogens is 368 g/mol. The van der Waals surface area contributed by atoms with Crippen LogP contribution in [0.5, 0.6) is 0 Å². The van der Waals surface area contributed by atoms with Gasteiger partial charge in [-0.3, -0.25) is 4.79 Å². The molecule has 1 heterocycles. The molecule has 8 heteroatoms. The Kier molecular flexibility index (Phi) is 5.25. The van der Waals surface area contributed by atoms with Crippen LogP contribution in [0.3, 0.4) is 0 Å². The number of halogens is 3. The maximum Gasteiger partial charge on any atom is 0.271 e. The molecule has 0 unspecified atom stereocenters. The molecule has 128 valence electrons. The van der Waals surface area contributed by atoms with Gasteiger partial charge in [-0.15, -0.1) is 11.3 Å². The maximum absolute atomic E-state index is 13.2. The van der Waals surface area contributed by atoms with Gasteiger partial charge in [0.25, 0.3) is 5.91 Å². The van der Waals surface area contributed by atoms with E-state index in [-0.39, 0.29) is 11.6 Å². The molecule has 0 aliphatic carbocycles. The van der Waals surface area contributed by atoms with Gasteiger partial charge in [-0.2, -0.15) is 0 Å². The lowest BCUT2D eigenvalue weighted by Crippen LogP contribution is -2.23. The highest BCUT2D eigenvalue weighted by molar-refractivity contribution is 7.14. The first kappa shape index (κ1) is 17.3. The summed E-state index contributed by atoms with van der Waals surface area (Å²) in [6.07, 6.45) is 0. The number of anilines is 2. The average molecular weight is 380 g/mol. The van der Waals surface area contributed by atoms with E-state index in [2.05, 4.69) is 15.6 Å². The molecule has 0 aliphatic heterocycles. The Labute approximate surface area is 151 Å². The minimum atomic E-state index is -0.956. The van der Waals surface area contributed by atoms with Crippen LogP contribution in [0.4, 0.5) is 19.6 Å². The molecule has 3 rings (SSSR count). The highest BCUT2D eigenvalue weighted by Gasteiger charge is 2.11. The fourth-order valence-corrected chi connectivity index (χ4v) is 2.84. The average Bonchev–Trinajstić information content (AvgIpc) is 3.06. The molecule has 1 amide bonds. The number of rotatable bonds is 5. The predicted molar refractivity (Wildman–Crippen MR) is 94.4 cm³/mol. The van der Waals surface area contributed by atoms with Gasteiger partial charge in [0.2, 0.25) is 0 Å². The number of hydrogen-bond donors (Lipinski definition) is 2. The summed E-state index contributed by atoms with van der Waals surface area (Å²) >= 11 is 7.00. The number of amides is 1. The third kappa shape index (κ3) is 4.52. The van der Waals surface area contributed by atoms with Crippen LogP contribution in [0.25, 0.3) is 0 Å². The number of hydrogen-bond acceptors (Lipinski definition) is 4. The molecular formula is C17H12ClF2N3OS. The molecule has 2 aromatic carbocycles. The lowest BCUT2D eigenvalue weighted by molar-refractivity contribution is 0.0946. The first-order valence-corrected chi connectivity index (χ1v) is 8.47. The molecule has 3 aromatic rings. The van der Waals surface area contributed by atoms with Gasteiger partial charge in [0.15, 0.2) is 16.8 Å². The summed E-state index contributed by atoms with van der Waals surface area (Å²) in [6.45, 7) is 0.347. The lowest BCUT2D eigenvalue weighted by Gasteiger charge is -2.04. The van der Waals surface area contributed by atoms with E-state index in [9.17, 15) is 13.6 Å². The zero-order valence-electron chi connectivity index (χ0n) is 12.7. The summed E-state index contributed by atoms with van der Waals surface area (Å²) in [5.74, 6) is -2.21. The van der Waals surface area contributed by atoms with E-state index in [0.29, 0.717) is 22.4 Å².